The summed E-state index contributed by atoms with van der Waals surface area (Å²) in [5, 5.41) is 5.81. The van der Waals surface area contributed by atoms with Crippen LogP contribution in [0.2, 0.25) is 0 Å². The van der Waals surface area contributed by atoms with Gasteiger partial charge in [0.25, 0.3) is 5.91 Å². The minimum atomic E-state index is -0.624. The molecule has 1 atom stereocenters. The van der Waals surface area contributed by atoms with Crippen LogP contribution in [-0.2, 0) is 9.59 Å². The van der Waals surface area contributed by atoms with Crippen LogP contribution in [-0.4, -0.2) is 55.2 Å². The van der Waals surface area contributed by atoms with Crippen LogP contribution in [0.3, 0.4) is 0 Å². The van der Waals surface area contributed by atoms with Crippen molar-refractivity contribution in [1.82, 2.24) is 9.91 Å². The first kappa shape index (κ1) is 22.3. The normalized spacial score (nSPS) is 15.5. The topological polar surface area (TPSA) is 71.4 Å². The number of hydrogen-bond acceptors (Lipinski definition) is 5. The molecule has 0 N–H and O–H groups in total. The van der Waals surface area contributed by atoms with Gasteiger partial charge in [0, 0.05) is 37.1 Å². The second-order valence-corrected chi connectivity index (χ2v) is 7.20. The number of carbonyl (C=O) groups excluding carboxylic acids is 2. The van der Waals surface area contributed by atoms with E-state index in [0.29, 0.717) is 34.8 Å². The van der Waals surface area contributed by atoms with E-state index in [1.54, 1.807) is 57.5 Å². The first-order valence-corrected chi connectivity index (χ1v) is 9.99. The number of hydrogen-bond donors (Lipinski definition) is 0. The van der Waals surface area contributed by atoms with Crippen LogP contribution >= 0.6 is 0 Å². The molecule has 1 heterocycles. The fourth-order valence-electron chi connectivity index (χ4n) is 3.56. The van der Waals surface area contributed by atoms with Crippen molar-refractivity contribution >= 4 is 17.5 Å². The van der Waals surface area contributed by atoms with E-state index < -0.39 is 11.9 Å². The van der Waals surface area contributed by atoms with Crippen molar-refractivity contribution in [2.24, 2.45) is 5.10 Å². The Labute approximate surface area is 181 Å². The molecule has 0 aromatic heterocycles. The quantitative estimate of drug-likeness (QED) is 0.679. The summed E-state index contributed by atoms with van der Waals surface area (Å²) in [6.45, 7) is 1.58. The van der Waals surface area contributed by atoms with Crippen LogP contribution in [0.1, 0.15) is 36.9 Å². The van der Waals surface area contributed by atoms with Gasteiger partial charge in [-0.25, -0.2) is 9.40 Å². The number of likely N-dealkylation sites (N-methyl/N-ethyl adjacent to an activating group) is 1. The first-order chi connectivity index (χ1) is 14.9. The zero-order chi connectivity index (χ0) is 22.5. The summed E-state index contributed by atoms with van der Waals surface area (Å²) in [4.78, 5) is 26.3. The fraction of sp³-hybridized carbons (Fsp3) is 0.348. The molecule has 0 aliphatic carbocycles. The monoisotopic (exact) mass is 427 g/mol. The molecule has 1 aliphatic rings. The molecule has 3 rings (SSSR count). The molecule has 0 saturated carbocycles. The minimum absolute atomic E-state index is 0.145. The Balaban J connectivity index is 1.99. The van der Waals surface area contributed by atoms with E-state index in [0.717, 1.165) is 0 Å². The van der Waals surface area contributed by atoms with Gasteiger partial charge in [0.1, 0.15) is 23.9 Å². The molecule has 2 amide bonds. The molecule has 7 nitrogen and oxygen atoms in total. The van der Waals surface area contributed by atoms with Crippen molar-refractivity contribution < 1.29 is 23.5 Å². The molecule has 1 aliphatic heterocycles. The van der Waals surface area contributed by atoms with E-state index >= 15 is 0 Å². The number of methoxy groups -OCH3 is 2. The summed E-state index contributed by atoms with van der Waals surface area (Å²) in [7, 11) is 4.66. The Hall–Kier alpha value is -3.42. The van der Waals surface area contributed by atoms with Crippen molar-refractivity contribution in [2.75, 3.05) is 27.8 Å². The second kappa shape index (κ2) is 9.59. The summed E-state index contributed by atoms with van der Waals surface area (Å²) in [6.07, 6.45) is 0.596. The lowest BCUT2D eigenvalue weighted by Crippen LogP contribution is -2.39. The number of nitrogens with zero attached hydrogens (tertiary/aromatic N) is 3. The number of hydrazone groups is 1. The second-order valence-electron chi connectivity index (χ2n) is 7.20. The maximum absolute atomic E-state index is 14.6. The average molecular weight is 427 g/mol. The van der Waals surface area contributed by atoms with E-state index in [9.17, 15) is 14.0 Å². The predicted molar refractivity (Wildman–Crippen MR) is 115 cm³/mol. The average Bonchev–Trinajstić information content (AvgIpc) is 3.23. The van der Waals surface area contributed by atoms with Crippen LogP contribution in [0.15, 0.2) is 47.6 Å². The van der Waals surface area contributed by atoms with Crippen LogP contribution in [0.25, 0.3) is 0 Å². The number of carbonyl (C=O) groups is 2. The van der Waals surface area contributed by atoms with E-state index in [1.165, 1.54) is 23.1 Å². The third kappa shape index (κ3) is 4.68. The maximum atomic E-state index is 14.6. The summed E-state index contributed by atoms with van der Waals surface area (Å²) < 4.78 is 25.3. The highest BCUT2D eigenvalue weighted by Gasteiger charge is 2.36. The molecule has 0 saturated heterocycles. The van der Waals surface area contributed by atoms with Crippen LogP contribution in [0.4, 0.5) is 4.39 Å². The van der Waals surface area contributed by atoms with Gasteiger partial charge in [-0.1, -0.05) is 25.1 Å². The molecule has 0 bridgehead atoms. The standard InChI is InChI=1S/C23H26FN3O4/c1-5-22(28)26(2)14-23(29)27-20(16-8-6-7-9-18(16)24)13-19(25-27)17-11-10-15(30-3)12-21(17)31-4/h6-12,20H,5,13-14H2,1-4H3/t20-/m0/s1. The van der Waals surface area contributed by atoms with Gasteiger partial charge in [0.15, 0.2) is 0 Å². The highest BCUT2D eigenvalue weighted by molar-refractivity contribution is 6.05. The highest BCUT2D eigenvalue weighted by Crippen LogP contribution is 2.37. The van der Waals surface area contributed by atoms with Gasteiger partial charge in [0.2, 0.25) is 5.91 Å². The van der Waals surface area contributed by atoms with E-state index in [-0.39, 0.29) is 24.8 Å². The van der Waals surface area contributed by atoms with Gasteiger partial charge in [-0.05, 0) is 18.2 Å². The zero-order valence-electron chi connectivity index (χ0n) is 18.1. The summed E-state index contributed by atoms with van der Waals surface area (Å²) >= 11 is 0. The van der Waals surface area contributed by atoms with E-state index in [4.69, 9.17) is 9.47 Å². The molecule has 0 fully saturated rings. The van der Waals surface area contributed by atoms with Gasteiger partial charge in [-0.15, -0.1) is 0 Å². The Bertz CT molecular complexity index is 1010. The fourth-order valence-corrected chi connectivity index (χ4v) is 3.56. The van der Waals surface area contributed by atoms with Crippen molar-refractivity contribution in [3.63, 3.8) is 0 Å². The third-order valence-corrected chi connectivity index (χ3v) is 5.25. The molecule has 164 valence electrons. The van der Waals surface area contributed by atoms with Gasteiger partial charge < -0.3 is 14.4 Å². The van der Waals surface area contributed by atoms with Crippen molar-refractivity contribution in [3.05, 3.63) is 59.4 Å². The summed E-state index contributed by atoms with van der Waals surface area (Å²) in [6, 6.07) is 11.0. The van der Waals surface area contributed by atoms with Crippen molar-refractivity contribution in [3.8, 4) is 11.5 Å². The number of amides is 2. The Morgan fingerprint density at radius 3 is 2.58 bits per heavy atom. The molecule has 0 unspecified atom stereocenters. The largest absolute Gasteiger partial charge is 0.497 e. The van der Waals surface area contributed by atoms with Crippen LogP contribution in [0.5, 0.6) is 11.5 Å². The Morgan fingerprint density at radius 1 is 1.19 bits per heavy atom. The number of benzene rings is 2. The third-order valence-electron chi connectivity index (χ3n) is 5.25. The predicted octanol–water partition coefficient (Wildman–Crippen LogP) is 3.39. The summed E-state index contributed by atoms with van der Waals surface area (Å²) in [5.41, 5.74) is 1.65. The van der Waals surface area contributed by atoms with Gasteiger partial charge in [-0.3, -0.25) is 9.59 Å². The zero-order valence-corrected chi connectivity index (χ0v) is 18.1. The molecular formula is C23H26FN3O4. The summed E-state index contributed by atoms with van der Waals surface area (Å²) in [5.74, 6) is 0.202. The van der Waals surface area contributed by atoms with E-state index in [2.05, 4.69) is 5.10 Å². The lowest BCUT2D eigenvalue weighted by molar-refractivity contribution is -0.140. The van der Waals surface area contributed by atoms with E-state index in [1.807, 2.05) is 0 Å². The Morgan fingerprint density at radius 2 is 1.94 bits per heavy atom. The van der Waals surface area contributed by atoms with Crippen molar-refractivity contribution in [1.29, 1.82) is 0 Å². The number of ether oxygens (including phenoxy) is 2. The SMILES string of the molecule is CCC(=O)N(C)CC(=O)N1N=C(c2ccc(OC)cc2OC)C[C@H]1c1ccccc1F. The van der Waals surface area contributed by atoms with Gasteiger partial charge >= 0.3 is 0 Å². The molecule has 2 aromatic rings. The lowest BCUT2D eigenvalue weighted by Gasteiger charge is -2.25. The van der Waals surface area contributed by atoms with Gasteiger partial charge in [-0.2, -0.15) is 5.10 Å². The van der Waals surface area contributed by atoms with Crippen LogP contribution in [0, 0.1) is 5.82 Å². The highest BCUT2D eigenvalue weighted by atomic mass is 19.1. The number of rotatable bonds is 7. The number of halogens is 1. The molecule has 2 aromatic carbocycles. The van der Waals surface area contributed by atoms with Crippen molar-refractivity contribution in [2.45, 2.75) is 25.8 Å². The maximum Gasteiger partial charge on any atom is 0.262 e. The molecule has 31 heavy (non-hydrogen) atoms. The lowest BCUT2D eigenvalue weighted by atomic mass is 9.97. The van der Waals surface area contributed by atoms with Gasteiger partial charge in [0.05, 0.1) is 26.0 Å². The molecule has 0 spiro atoms. The molecule has 8 heteroatoms. The minimum Gasteiger partial charge on any atom is -0.497 e. The smallest absolute Gasteiger partial charge is 0.262 e. The Kier molecular flexibility index (Phi) is 6.89. The van der Waals surface area contributed by atoms with Crippen LogP contribution < -0.4 is 9.47 Å². The molecule has 0 radical (unpaired) electrons. The first-order valence-electron chi connectivity index (χ1n) is 9.99. The molecular weight excluding hydrogens is 401 g/mol.